The van der Waals surface area contributed by atoms with Crippen molar-refractivity contribution >= 4 is 17.7 Å². The molecule has 3 amide bonds. The van der Waals surface area contributed by atoms with Crippen LogP contribution in [-0.2, 0) is 22.7 Å². The van der Waals surface area contributed by atoms with E-state index in [1.807, 2.05) is 16.9 Å². The number of rotatable bonds is 5. The lowest BCUT2D eigenvalue weighted by Gasteiger charge is -2.33. The number of aromatic nitrogens is 2. The Morgan fingerprint density at radius 2 is 1.81 bits per heavy atom. The molecule has 1 unspecified atom stereocenters. The van der Waals surface area contributed by atoms with Crippen LogP contribution in [0.5, 0.6) is 0 Å². The van der Waals surface area contributed by atoms with Crippen LogP contribution in [0.1, 0.15) is 58.6 Å². The summed E-state index contributed by atoms with van der Waals surface area (Å²) < 4.78 is 16.5. The molecule has 2 fully saturated rings. The maximum absolute atomic E-state index is 14.6. The third kappa shape index (κ3) is 4.55. The van der Waals surface area contributed by atoms with Crippen LogP contribution < -0.4 is 5.32 Å². The molecule has 37 heavy (non-hydrogen) atoms. The third-order valence-corrected chi connectivity index (χ3v) is 7.79. The van der Waals surface area contributed by atoms with Crippen LogP contribution in [0.15, 0.2) is 54.9 Å². The molecular weight excluding hydrogens is 473 g/mol. The van der Waals surface area contributed by atoms with Gasteiger partial charge in [-0.15, -0.1) is 0 Å². The van der Waals surface area contributed by atoms with Gasteiger partial charge >= 0.3 is 0 Å². The van der Waals surface area contributed by atoms with Gasteiger partial charge in [0.05, 0.1) is 5.69 Å². The highest BCUT2D eigenvalue weighted by atomic mass is 19.1. The molecule has 2 saturated heterocycles. The van der Waals surface area contributed by atoms with Crippen molar-refractivity contribution in [3.8, 4) is 5.69 Å². The van der Waals surface area contributed by atoms with E-state index in [4.69, 9.17) is 0 Å². The molecule has 3 aromatic rings. The first-order valence-corrected chi connectivity index (χ1v) is 12.7. The number of piperidine rings is 2. The van der Waals surface area contributed by atoms with Gasteiger partial charge in [0, 0.05) is 37.5 Å². The second-order valence-electron chi connectivity index (χ2n) is 10.1. The minimum Gasteiger partial charge on any atom is -0.322 e. The van der Waals surface area contributed by atoms with E-state index in [0.717, 1.165) is 49.3 Å². The van der Waals surface area contributed by atoms with Crippen molar-refractivity contribution in [2.24, 2.45) is 0 Å². The Morgan fingerprint density at radius 3 is 2.51 bits per heavy atom. The summed E-state index contributed by atoms with van der Waals surface area (Å²) in [6.45, 7) is 2.87. The predicted molar refractivity (Wildman–Crippen MR) is 133 cm³/mol. The third-order valence-electron chi connectivity index (χ3n) is 7.79. The highest BCUT2D eigenvalue weighted by Crippen LogP contribution is 2.38. The number of carbonyl (C=O) groups is 3. The van der Waals surface area contributed by atoms with Gasteiger partial charge < -0.3 is 4.90 Å². The zero-order valence-corrected chi connectivity index (χ0v) is 20.4. The van der Waals surface area contributed by atoms with E-state index >= 15 is 0 Å². The molecule has 190 valence electrons. The second-order valence-corrected chi connectivity index (χ2v) is 10.1. The molecule has 3 aliphatic rings. The van der Waals surface area contributed by atoms with Crippen molar-refractivity contribution in [3.05, 3.63) is 82.9 Å². The van der Waals surface area contributed by atoms with Crippen LogP contribution in [0.25, 0.3) is 5.69 Å². The summed E-state index contributed by atoms with van der Waals surface area (Å²) in [4.78, 5) is 41.0. The van der Waals surface area contributed by atoms with Crippen molar-refractivity contribution in [1.29, 1.82) is 0 Å². The largest absolute Gasteiger partial charge is 0.322 e. The van der Waals surface area contributed by atoms with E-state index in [1.54, 1.807) is 12.3 Å². The van der Waals surface area contributed by atoms with Crippen molar-refractivity contribution in [2.45, 2.75) is 50.7 Å². The zero-order chi connectivity index (χ0) is 25.5. The Kier molecular flexibility index (Phi) is 6.08. The van der Waals surface area contributed by atoms with Gasteiger partial charge in [0.2, 0.25) is 11.8 Å². The summed E-state index contributed by atoms with van der Waals surface area (Å²) in [5, 5.41) is 6.59. The van der Waals surface area contributed by atoms with Gasteiger partial charge in [0.1, 0.15) is 11.9 Å². The van der Waals surface area contributed by atoms with Crippen molar-refractivity contribution in [2.75, 3.05) is 13.1 Å². The molecule has 6 rings (SSSR count). The highest BCUT2D eigenvalue weighted by Gasteiger charge is 2.41. The monoisotopic (exact) mass is 501 g/mol. The normalized spacial score (nSPS) is 20.8. The number of carbonyl (C=O) groups excluding carboxylic acids is 3. The van der Waals surface area contributed by atoms with Gasteiger partial charge in [-0.25, -0.2) is 9.07 Å². The number of nitrogens with one attached hydrogen (secondary N) is 1. The van der Waals surface area contributed by atoms with Gasteiger partial charge in [0.15, 0.2) is 0 Å². The number of benzene rings is 2. The van der Waals surface area contributed by atoms with Crippen LogP contribution in [-0.4, -0.2) is 56.4 Å². The molecule has 1 aromatic heterocycles. The number of hydrogen-bond donors (Lipinski definition) is 1. The molecule has 1 atom stereocenters. The molecular formula is C28H28FN5O3. The molecule has 8 nitrogen and oxygen atoms in total. The van der Waals surface area contributed by atoms with E-state index < -0.39 is 17.8 Å². The average Bonchev–Trinajstić information content (AvgIpc) is 3.54. The quantitative estimate of drug-likeness (QED) is 0.543. The molecule has 3 aliphatic heterocycles. The second kappa shape index (κ2) is 9.55. The summed E-state index contributed by atoms with van der Waals surface area (Å²) >= 11 is 0. The molecule has 2 aromatic carbocycles. The van der Waals surface area contributed by atoms with E-state index in [2.05, 4.69) is 39.6 Å². The molecule has 0 radical (unpaired) electrons. The van der Waals surface area contributed by atoms with E-state index in [9.17, 15) is 18.8 Å². The summed E-state index contributed by atoms with van der Waals surface area (Å²) in [5.74, 6) is -1.38. The van der Waals surface area contributed by atoms with Crippen LogP contribution in [0.2, 0.25) is 0 Å². The number of halogens is 1. The summed E-state index contributed by atoms with van der Waals surface area (Å²) in [5.41, 5.74) is 4.30. The fraction of sp³-hybridized carbons (Fsp3) is 0.357. The number of amides is 3. The lowest BCUT2D eigenvalue weighted by atomic mass is 9.85. The first-order valence-electron chi connectivity index (χ1n) is 12.7. The molecule has 0 spiro atoms. The fourth-order valence-electron chi connectivity index (χ4n) is 5.85. The van der Waals surface area contributed by atoms with E-state index in [0.29, 0.717) is 12.0 Å². The average molecular weight is 502 g/mol. The molecule has 0 bridgehead atoms. The maximum atomic E-state index is 14.6. The Hall–Kier alpha value is -3.85. The standard InChI is InChI=1S/C28H28FN5O3/c29-20-14-22(24-17-33(28(37)23(24)15-20)25-6-7-26(35)31-27(25)36)19-8-12-32(13-9-19)16-18-2-4-21(5-3-18)34-11-1-10-30-34/h1-5,10-11,14-15,19,25H,6-9,12-13,16-17H2,(H,31,35,36). The van der Waals surface area contributed by atoms with Crippen molar-refractivity contribution < 1.29 is 18.8 Å². The Bertz CT molecular complexity index is 1350. The summed E-state index contributed by atoms with van der Waals surface area (Å²) in [6.07, 6.45) is 5.91. The van der Waals surface area contributed by atoms with Crippen LogP contribution in [0, 0.1) is 5.82 Å². The number of hydrogen-bond acceptors (Lipinski definition) is 5. The van der Waals surface area contributed by atoms with Gasteiger partial charge in [-0.2, -0.15) is 5.10 Å². The summed E-state index contributed by atoms with van der Waals surface area (Å²) in [6, 6.07) is 12.4. The predicted octanol–water partition coefficient (Wildman–Crippen LogP) is 3.15. The van der Waals surface area contributed by atoms with Crippen LogP contribution >= 0.6 is 0 Å². The van der Waals surface area contributed by atoms with Gasteiger partial charge in [0.25, 0.3) is 5.91 Å². The summed E-state index contributed by atoms with van der Waals surface area (Å²) in [7, 11) is 0. The fourth-order valence-corrected chi connectivity index (χ4v) is 5.85. The Balaban J connectivity index is 1.13. The van der Waals surface area contributed by atoms with Gasteiger partial charge in [-0.1, -0.05) is 12.1 Å². The van der Waals surface area contributed by atoms with E-state index in [-0.39, 0.29) is 30.7 Å². The maximum Gasteiger partial charge on any atom is 0.255 e. The van der Waals surface area contributed by atoms with Gasteiger partial charge in [-0.3, -0.25) is 24.6 Å². The SMILES string of the molecule is O=C1CCC(N2Cc3c(cc(F)cc3C3CCN(Cc4ccc(-n5cccn5)cc4)CC3)C2=O)C(=O)N1. The molecule has 0 aliphatic carbocycles. The molecule has 9 heteroatoms. The lowest BCUT2D eigenvalue weighted by molar-refractivity contribution is -0.136. The number of likely N-dealkylation sites (tertiary alicyclic amines) is 1. The van der Waals surface area contributed by atoms with Crippen molar-refractivity contribution in [1.82, 2.24) is 24.9 Å². The lowest BCUT2D eigenvalue weighted by Crippen LogP contribution is -2.52. The Morgan fingerprint density at radius 1 is 1.03 bits per heavy atom. The highest BCUT2D eigenvalue weighted by molar-refractivity contribution is 6.05. The van der Waals surface area contributed by atoms with Crippen LogP contribution in [0.3, 0.4) is 0 Å². The topological polar surface area (TPSA) is 87.5 Å². The number of nitrogens with zero attached hydrogens (tertiary/aromatic N) is 4. The zero-order valence-electron chi connectivity index (χ0n) is 20.4. The van der Waals surface area contributed by atoms with Crippen molar-refractivity contribution in [3.63, 3.8) is 0 Å². The minimum absolute atomic E-state index is 0.150. The minimum atomic E-state index is -0.699. The Labute approximate surface area is 214 Å². The number of fused-ring (bicyclic) bond motifs is 1. The van der Waals surface area contributed by atoms with Crippen LogP contribution in [0.4, 0.5) is 4.39 Å². The number of imide groups is 1. The van der Waals surface area contributed by atoms with E-state index in [1.165, 1.54) is 16.5 Å². The molecule has 1 N–H and O–H groups in total. The first kappa shape index (κ1) is 23.5. The van der Waals surface area contributed by atoms with Gasteiger partial charge in [-0.05, 0) is 85.3 Å². The smallest absolute Gasteiger partial charge is 0.255 e. The first-order chi connectivity index (χ1) is 18.0. The molecule has 0 saturated carbocycles. The molecule has 4 heterocycles.